The van der Waals surface area contributed by atoms with Gasteiger partial charge in [0.15, 0.2) is 0 Å². The summed E-state index contributed by atoms with van der Waals surface area (Å²) in [6.45, 7) is 9.16. The number of carbonyl (C=O) groups is 2. The molecule has 1 N–H and O–H groups in total. The number of amides is 2. The van der Waals surface area contributed by atoms with Crippen molar-refractivity contribution >= 4 is 39.1 Å². The van der Waals surface area contributed by atoms with Crippen LogP contribution in [-0.2, 0) is 26.2 Å². The normalized spacial score (nSPS) is 13.1. The molecule has 0 radical (unpaired) electrons. The summed E-state index contributed by atoms with van der Waals surface area (Å²) in [4.78, 5) is 28.3. The smallest absolute Gasteiger partial charge is 0.244 e. The number of benzene rings is 2. The number of hydrogen-bond donors (Lipinski definition) is 1. The molecule has 9 heteroatoms. The van der Waals surface area contributed by atoms with Crippen molar-refractivity contribution in [3.05, 3.63) is 64.2 Å². The lowest BCUT2D eigenvalue weighted by Crippen LogP contribution is -2.53. The first-order valence-corrected chi connectivity index (χ1v) is 14.0. The topological polar surface area (TPSA) is 86.8 Å². The zero-order chi connectivity index (χ0) is 26.3. The molecule has 2 rings (SSSR count). The second-order valence-corrected chi connectivity index (χ2v) is 11.3. The van der Waals surface area contributed by atoms with E-state index in [-0.39, 0.29) is 18.5 Å². The highest BCUT2D eigenvalue weighted by Crippen LogP contribution is 2.27. The van der Waals surface area contributed by atoms with E-state index in [1.165, 1.54) is 11.0 Å². The van der Waals surface area contributed by atoms with Crippen LogP contribution in [0, 0.1) is 13.8 Å². The van der Waals surface area contributed by atoms with E-state index in [0.717, 1.165) is 28.1 Å². The first-order valence-electron chi connectivity index (χ1n) is 11.8. The first-order chi connectivity index (χ1) is 16.4. The number of sulfonamides is 1. The van der Waals surface area contributed by atoms with Crippen LogP contribution in [0.25, 0.3) is 0 Å². The van der Waals surface area contributed by atoms with Crippen LogP contribution in [0.4, 0.5) is 5.69 Å². The van der Waals surface area contributed by atoms with Gasteiger partial charge < -0.3 is 10.2 Å². The lowest BCUT2D eigenvalue weighted by atomic mass is 10.1. The summed E-state index contributed by atoms with van der Waals surface area (Å²) in [6.07, 6.45) is 2.19. The molecule has 2 amide bonds. The quantitative estimate of drug-likeness (QED) is 0.473. The van der Waals surface area contributed by atoms with Gasteiger partial charge in [-0.2, -0.15) is 0 Å². The molecule has 2 aromatic rings. The Morgan fingerprint density at radius 3 is 2.31 bits per heavy atom. The van der Waals surface area contributed by atoms with Crippen molar-refractivity contribution in [3.8, 4) is 0 Å². The third kappa shape index (κ3) is 7.97. The van der Waals surface area contributed by atoms with Crippen molar-refractivity contribution in [2.75, 3.05) is 17.1 Å². The molecule has 0 saturated heterocycles. The van der Waals surface area contributed by atoms with E-state index in [1.54, 1.807) is 19.1 Å². The Morgan fingerprint density at radius 2 is 1.74 bits per heavy atom. The fourth-order valence-electron chi connectivity index (χ4n) is 3.81. The summed E-state index contributed by atoms with van der Waals surface area (Å²) in [5.74, 6) is -0.727. The number of anilines is 1. The summed E-state index contributed by atoms with van der Waals surface area (Å²) in [6, 6.07) is 11.8. The van der Waals surface area contributed by atoms with E-state index in [9.17, 15) is 18.0 Å². The predicted molar refractivity (Wildman–Crippen MR) is 142 cm³/mol. The molecule has 35 heavy (non-hydrogen) atoms. The van der Waals surface area contributed by atoms with Crippen molar-refractivity contribution in [1.29, 1.82) is 0 Å². The van der Waals surface area contributed by atoms with Crippen LogP contribution in [0.5, 0.6) is 0 Å². The van der Waals surface area contributed by atoms with Gasteiger partial charge in [-0.05, 0) is 56.9 Å². The standard InChI is InChI=1S/C26H36ClN3O4S/c1-7-20(5)28-26(32)23(8-2)29(16-21-11-9-10-18(3)14-21)25(31)17-30(35(6,33)34)24-15-22(27)13-12-19(24)4/h9-15,20,23H,7-8,16-17H2,1-6H3,(H,28,32)/t20-,23-/m0/s1. The number of aryl methyl sites for hydroxylation is 2. The van der Waals surface area contributed by atoms with Gasteiger partial charge in [0.25, 0.3) is 0 Å². The van der Waals surface area contributed by atoms with Gasteiger partial charge in [0, 0.05) is 17.6 Å². The molecule has 0 aliphatic carbocycles. The highest BCUT2D eigenvalue weighted by atomic mass is 35.5. The van der Waals surface area contributed by atoms with Crippen LogP contribution >= 0.6 is 11.6 Å². The van der Waals surface area contributed by atoms with E-state index in [0.29, 0.717) is 22.7 Å². The third-order valence-corrected chi connectivity index (χ3v) is 7.30. The Labute approximate surface area is 214 Å². The van der Waals surface area contributed by atoms with Crippen molar-refractivity contribution in [3.63, 3.8) is 0 Å². The molecule has 0 spiro atoms. The van der Waals surface area contributed by atoms with Crippen LogP contribution in [0.1, 0.15) is 50.3 Å². The average molecular weight is 522 g/mol. The molecule has 0 heterocycles. The second kappa shape index (κ2) is 12.4. The van der Waals surface area contributed by atoms with Gasteiger partial charge in [-0.3, -0.25) is 13.9 Å². The number of hydrogen-bond acceptors (Lipinski definition) is 4. The minimum Gasteiger partial charge on any atom is -0.352 e. The van der Waals surface area contributed by atoms with Gasteiger partial charge in [0.2, 0.25) is 21.8 Å². The maximum atomic E-state index is 13.7. The predicted octanol–water partition coefficient (Wildman–Crippen LogP) is 4.44. The monoisotopic (exact) mass is 521 g/mol. The summed E-state index contributed by atoms with van der Waals surface area (Å²) in [5, 5.41) is 3.33. The molecule has 0 unspecified atom stereocenters. The van der Waals surface area contributed by atoms with E-state index in [4.69, 9.17) is 11.6 Å². The maximum absolute atomic E-state index is 13.7. The minimum atomic E-state index is -3.81. The Kier molecular flexibility index (Phi) is 10.2. The molecule has 192 valence electrons. The summed E-state index contributed by atoms with van der Waals surface area (Å²) < 4.78 is 26.5. The number of rotatable bonds is 11. The van der Waals surface area contributed by atoms with E-state index >= 15 is 0 Å². The van der Waals surface area contributed by atoms with Crippen LogP contribution in [0.3, 0.4) is 0 Å². The van der Waals surface area contributed by atoms with Crippen LogP contribution in [0.2, 0.25) is 5.02 Å². The Morgan fingerprint density at radius 1 is 1.06 bits per heavy atom. The molecule has 0 fully saturated rings. The second-order valence-electron chi connectivity index (χ2n) is 8.95. The number of carbonyl (C=O) groups excluding carboxylic acids is 2. The lowest BCUT2D eigenvalue weighted by Gasteiger charge is -2.33. The summed E-state index contributed by atoms with van der Waals surface area (Å²) in [5.41, 5.74) is 2.89. The molecule has 2 atom stereocenters. The largest absolute Gasteiger partial charge is 0.352 e. The average Bonchev–Trinajstić information content (AvgIpc) is 2.78. The summed E-state index contributed by atoms with van der Waals surface area (Å²) >= 11 is 6.14. The summed E-state index contributed by atoms with van der Waals surface area (Å²) in [7, 11) is -3.81. The molecule has 0 bridgehead atoms. The zero-order valence-electron chi connectivity index (χ0n) is 21.3. The molecular weight excluding hydrogens is 486 g/mol. The molecule has 0 saturated carbocycles. The van der Waals surface area contributed by atoms with Crippen molar-refractivity contribution < 1.29 is 18.0 Å². The number of halogens is 1. The van der Waals surface area contributed by atoms with Crippen LogP contribution in [0.15, 0.2) is 42.5 Å². The van der Waals surface area contributed by atoms with E-state index < -0.39 is 28.5 Å². The van der Waals surface area contributed by atoms with Gasteiger partial charge in [-0.15, -0.1) is 0 Å². The molecular formula is C26H36ClN3O4S. The number of nitrogens with one attached hydrogen (secondary N) is 1. The molecule has 0 aromatic heterocycles. The van der Waals surface area contributed by atoms with Gasteiger partial charge in [-0.25, -0.2) is 8.42 Å². The Balaban J connectivity index is 2.49. The fraction of sp³-hybridized carbons (Fsp3) is 0.462. The fourth-order valence-corrected chi connectivity index (χ4v) is 4.88. The number of nitrogens with zero attached hydrogens (tertiary/aromatic N) is 2. The Bertz CT molecular complexity index is 1150. The molecule has 0 aliphatic rings. The third-order valence-electron chi connectivity index (χ3n) is 5.94. The van der Waals surface area contributed by atoms with Gasteiger partial charge in [0.05, 0.1) is 11.9 Å². The van der Waals surface area contributed by atoms with Gasteiger partial charge >= 0.3 is 0 Å². The molecule has 2 aromatic carbocycles. The molecule has 7 nitrogen and oxygen atoms in total. The highest BCUT2D eigenvalue weighted by Gasteiger charge is 2.32. The minimum absolute atomic E-state index is 0.0471. The van der Waals surface area contributed by atoms with E-state index in [1.807, 2.05) is 52.0 Å². The van der Waals surface area contributed by atoms with Crippen molar-refractivity contribution in [2.24, 2.45) is 0 Å². The van der Waals surface area contributed by atoms with E-state index in [2.05, 4.69) is 5.32 Å². The van der Waals surface area contributed by atoms with Crippen LogP contribution in [-0.4, -0.2) is 50.0 Å². The van der Waals surface area contributed by atoms with Crippen molar-refractivity contribution in [1.82, 2.24) is 10.2 Å². The van der Waals surface area contributed by atoms with Gasteiger partial charge in [0.1, 0.15) is 12.6 Å². The Hall–Kier alpha value is -2.58. The molecule has 0 aliphatic heterocycles. The first kappa shape index (κ1) is 28.7. The highest BCUT2D eigenvalue weighted by molar-refractivity contribution is 7.92. The lowest BCUT2D eigenvalue weighted by molar-refractivity contribution is -0.140. The van der Waals surface area contributed by atoms with Crippen molar-refractivity contribution in [2.45, 2.75) is 66.1 Å². The maximum Gasteiger partial charge on any atom is 0.244 e. The van der Waals surface area contributed by atoms with Gasteiger partial charge in [-0.1, -0.05) is 61.3 Å². The zero-order valence-corrected chi connectivity index (χ0v) is 22.9. The van der Waals surface area contributed by atoms with Crippen LogP contribution < -0.4 is 9.62 Å². The SMILES string of the molecule is CC[C@H](C)NC(=O)[C@H](CC)N(Cc1cccc(C)c1)C(=O)CN(c1cc(Cl)ccc1C)S(C)(=O)=O.